The van der Waals surface area contributed by atoms with Gasteiger partial charge in [-0.25, -0.2) is 0 Å². The van der Waals surface area contributed by atoms with Crippen molar-refractivity contribution in [1.82, 2.24) is 15.5 Å². The lowest BCUT2D eigenvalue weighted by atomic mass is 9.96. The number of hydrogen-bond donors (Lipinski definition) is 2. The van der Waals surface area contributed by atoms with Gasteiger partial charge in [-0.05, 0) is 45.2 Å². The SMILES string of the molecule is CN=C(NCCN1CCCCCC1)NC1CC2CCC1O2.I. The molecule has 0 saturated carbocycles. The molecule has 3 rings (SSSR count). The van der Waals surface area contributed by atoms with Crippen LogP contribution in [-0.4, -0.2) is 62.3 Å². The molecule has 0 aromatic rings. The Balaban J connectivity index is 0.00000176. The van der Waals surface area contributed by atoms with Gasteiger partial charge in [-0.15, -0.1) is 24.0 Å². The molecule has 5 nitrogen and oxygen atoms in total. The standard InChI is InChI=1S/C16H30N4O.HI/c1-17-16(19-14-12-13-6-7-15(14)21-13)18-8-11-20-9-4-2-3-5-10-20;/h13-15H,2-12H2,1H3,(H2,17,18,19);1H. The lowest BCUT2D eigenvalue weighted by molar-refractivity contribution is 0.0992. The third kappa shape index (κ3) is 4.96. The number of rotatable bonds is 4. The predicted octanol–water partition coefficient (Wildman–Crippen LogP) is 1.97. The molecule has 0 aromatic carbocycles. The van der Waals surface area contributed by atoms with Crippen molar-refractivity contribution in [2.45, 2.75) is 63.2 Å². The highest BCUT2D eigenvalue weighted by molar-refractivity contribution is 14.0. The molecule has 0 aliphatic carbocycles. The van der Waals surface area contributed by atoms with E-state index in [9.17, 15) is 0 Å². The summed E-state index contributed by atoms with van der Waals surface area (Å²) in [6.45, 7) is 4.61. The Hall–Kier alpha value is -0.0800. The number of hydrogen-bond acceptors (Lipinski definition) is 3. The van der Waals surface area contributed by atoms with Crippen molar-refractivity contribution in [3.8, 4) is 0 Å². The van der Waals surface area contributed by atoms with E-state index in [-0.39, 0.29) is 24.0 Å². The molecule has 0 spiro atoms. The van der Waals surface area contributed by atoms with Crippen LogP contribution in [0.4, 0.5) is 0 Å². The Bertz CT molecular complexity index is 358. The monoisotopic (exact) mass is 422 g/mol. The summed E-state index contributed by atoms with van der Waals surface area (Å²) in [4.78, 5) is 6.93. The summed E-state index contributed by atoms with van der Waals surface area (Å²) in [7, 11) is 1.86. The molecule has 2 bridgehead atoms. The molecule has 3 unspecified atom stereocenters. The van der Waals surface area contributed by atoms with Crippen molar-refractivity contribution in [2.75, 3.05) is 33.2 Å². The molecule has 6 heteroatoms. The van der Waals surface area contributed by atoms with Gasteiger partial charge < -0.3 is 20.3 Å². The van der Waals surface area contributed by atoms with Crippen LogP contribution in [0, 0.1) is 0 Å². The zero-order chi connectivity index (χ0) is 14.5. The molecular formula is C16H31IN4O. The fraction of sp³-hybridized carbons (Fsp3) is 0.938. The normalized spacial score (nSPS) is 32.4. The highest BCUT2D eigenvalue weighted by Crippen LogP contribution is 2.34. The summed E-state index contributed by atoms with van der Waals surface area (Å²) in [6.07, 6.45) is 9.98. The Morgan fingerprint density at radius 3 is 2.55 bits per heavy atom. The largest absolute Gasteiger partial charge is 0.373 e. The van der Waals surface area contributed by atoms with Crippen molar-refractivity contribution in [1.29, 1.82) is 0 Å². The van der Waals surface area contributed by atoms with E-state index in [4.69, 9.17) is 4.74 Å². The molecule has 0 radical (unpaired) electrons. The molecule has 0 aromatic heterocycles. The van der Waals surface area contributed by atoms with Crippen molar-refractivity contribution >= 4 is 29.9 Å². The highest BCUT2D eigenvalue weighted by atomic mass is 127. The molecule has 3 fully saturated rings. The molecule has 0 amide bonds. The second kappa shape index (κ2) is 9.27. The smallest absolute Gasteiger partial charge is 0.191 e. The summed E-state index contributed by atoms with van der Waals surface area (Å²) in [6, 6.07) is 0.452. The van der Waals surface area contributed by atoms with Gasteiger partial charge >= 0.3 is 0 Å². The first-order chi connectivity index (χ1) is 10.3. The van der Waals surface area contributed by atoms with Crippen LogP contribution in [0.5, 0.6) is 0 Å². The quantitative estimate of drug-likeness (QED) is 0.413. The van der Waals surface area contributed by atoms with Crippen LogP contribution in [-0.2, 0) is 4.74 Å². The van der Waals surface area contributed by atoms with Gasteiger partial charge in [-0.2, -0.15) is 0 Å². The Kier molecular flexibility index (Phi) is 7.70. The lowest BCUT2D eigenvalue weighted by Gasteiger charge is -2.24. The number of ether oxygens (including phenoxy) is 1. The van der Waals surface area contributed by atoms with E-state index in [1.807, 2.05) is 7.05 Å². The lowest BCUT2D eigenvalue weighted by Crippen LogP contribution is -2.48. The first kappa shape index (κ1) is 18.3. The number of halogens is 1. The van der Waals surface area contributed by atoms with Gasteiger partial charge in [-0.1, -0.05) is 12.8 Å². The number of fused-ring (bicyclic) bond motifs is 2. The first-order valence-electron chi connectivity index (χ1n) is 8.70. The molecular weight excluding hydrogens is 391 g/mol. The summed E-state index contributed by atoms with van der Waals surface area (Å²) in [5.41, 5.74) is 0. The number of nitrogens with one attached hydrogen (secondary N) is 2. The molecule has 3 atom stereocenters. The van der Waals surface area contributed by atoms with Crippen LogP contribution >= 0.6 is 24.0 Å². The van der Waals surface area contributed by atoms with Crippen LogP contribution in [0.1, 0.15) is 44.9 Å². The van der Waals surface area contributed by atoms with Crippen LogP contribution in [0.2, 0.25) is 0 Å². The van der Waals surface area contributed by atoms with Gasteiger partial charge in [0.25, 0.3) is 0 Å². The summed E-state index contributed by atoms with van der Waals surface area (Å²) >= 11 is 0. The van der Waals surface area contributed by atoms with Gasteiger partial charge in [0.1, 0.15) is 0 Å². The number of aliphatic imine (C=N–C) groups is 1. The van der Waals surface area contributed by atoms with E-state index in [1.54, 1.807) is 0 Å². The van der Waals surface area contributed by atoms with Gasteiger partial charge in [0.15, 0.2) is 5.96 Å². The average molecular weight is 422 g/mol. The molecule has 2 N–H and O–H groups in total. The van der Waals surface area contributed by atoms with Crippen LogP contribution in [0.3, 0.4) is 0 Å². The minimum atomic E-state index is 0. The fourth-order valence-corrected chi connectivity index (χ4v) is 3.85. The Morgan fingerprint density at radius 1 is 1.18 bits per heavy atom. The molecule has 3 saturated heterocycles. The third-order valence-electron chi connectivity index (χ3n) is 5.07. The highest BCUT2D eigenvalue weighted by Gasteiger charge is 2.41. The van der Waals surface area contributed by atoms with E-state index < -0.39 is 0 Å². The summed E-state index contributed by atoms with van der Waals surface area (Å²) < 4.78 is 5.89. The van der Waals surface area contributed by atoms with E-state index >= 15 is 0 Å². The molecule has 3 aliphatic rings. The Morgan fingerprint density at radius 2 is 1.95 bits per heavy atom. The van der Waals surface area contributed by atoms with Crippen molar-refractivity contribution < 1.29 is 4.74 Å². The third-order valence-corrected chi connectivity index (χ3v) is 5.07. The van der Waals surface area contributed by atoms with Gasteiger partial charge in [0, 0.05) is 20.1 Å². The van der Waals surface area contributed by atoms with Crippen molar-refractivity contribution in [3.05, 3.63) is 0 Å². The molecule has 22 heavy (non-hydrogen) atoms. The van der Waals surface area contributed by atoms with Gasteiger partial charge in [-0.3, -0.25) is 4.99 Å². The number of guanidine groups is 1. The maximum absolute atomic E-state index is 5.89. The minimum absolute atomic E-state index is 0. The average Bonchev–Trinajstić information content (AvgIpc) is 3.02. The maximum atomic E-state index is 5.89. The van der Waals surface area contributed by atoms with Gasteiger partial charge in [0.2, 0.25) is 0 Å². The molecule has 3 heterocycles. The number of nitrogens with zero attached hydrogens (tertiary/aromatic N) is 2. The van der Waals surface area contributed by atoms with Crippen LogP contribution in [0.25, 0.3) is 0 Å². The second-order valence-corrected chi connectivity index (χ2v) is 6.62. The topological polar surface area (TPSA) is 48.9 Å². The second-order valence-electron chi connectivity index (χ2n) is 6.62. The van der Waals surface area contributed by atoms with E-state index in [0.29, 0.717) is 18.2 Å². The van der Waals surface area contributed by atoms with E-state index in [2.05, 4.69) is 20.5 Å². The van der Waals surface area contributed by atoms with Gasteiger partial charge in [0.05, 0.1) is 18.2 Å². The summed E-state index contributed by atoms with van der Waals surface area (Å²) in [5, 5.41) is 7.01. The van der Waals surface area contributed by atoms with E-state index in [1.165, 1.54) is 51.6 Å². The zero-order valence-electron chi connectivity index (χ0n) is 13.7. The minimum Gasteiger partial charge on any atom is -0.373 e. The maximum Gasteiger partial charge on any atom is 0.191 e. The predicted molar refractivity (Wildman–Crippen MR) is 101 cm³/mol. The Labute approximate surface area is 151 Å². The van der Waals surface area contributed by atoms with E-state index in [0.717, 1.165) is 25.5 Å². The molecule has 3 aliphatic heterocycles. The summed E-state index contributed by atoms with van der Waals surface area (Å²) in [5.74, 6) is 0.936. The first-order valence-corrected chi connectivity index (χ1v) is 8.70. The van der Waals surface area contributed by atoms with Crippen LogP contribution < -0.4 is 10.6 Å². The van der Waals surface area contributed by atoms with Crippen molar-refractivity contribution in [2.24, 2.45) is 4.99 Å². The van der Waals surface area contributed by atoms with Crippen molar-refractivity contribution in [3.63, 3.8) is 0 Å². The number of likely N-dealkylation sites (tertiary alicyclic amines) is 1. The molecule has 128 valence electrons. The fourth-order valence-electron chi connectivity index (χ4n) is 3.85. The zero-order valence-corrected chi connectivity index (χ0v) is 16.1. The van der Waals surface area contributed by atoms with Crippen LogP contribution in [0.15, 0.2) is 4.99 Å².